The fourth-order valence-electron chi connectivity index (χ4n) is 1.91. The van der Waals surface area contributed by atoms with Gasteiger partial charge >= 0.3 is 0 Å². The van der Waals surface area contributed by atoms with Crippen LogP contribution in [0.4, 0.5) is 0 Å². The van der Waals surface area contributed by atoms with Crippen LogP contribution in [0.15, 0.2) is 18.2 Å². The van der Waals surface area contributed by atoms with E-state index in [1.54, 1.807) is 0 Å². The van der Waals surface area contributed by atoms with E-state index in [1.165, 1.54) is 11.1 Å². The van der Waals surface area contributed by atoms with Crippen LogP contribution in [0, 0.1) is 5.92 Å². The Hall–Kier alpha value is -1.15. The van der Waals surface area contributed by atoms with Gasteiger partial charge in [-0.25, -0.2) is 0 Å². The van der Waals surface area contributed by atoms with E-state index < -0.39 is 0 Å². The Kier molecular flexibility index (Phi) is 3.39. The van der Waals surface area contributed by atoms with Gasteiger partial charge in [0.25, 0.3) is 0 Å². The lowest BCUT2D eigenvalue weighted by Gasteiger charge is -2.05. The Balaban J connectivity index is 2.06. The molecule has 1 aliphatic heterocycles. The van der Waals surface area contributed by atoms with Crippen LogP contribution >= 0.6 is 0 Å². The van der Waals surface area contributed by atoms with Gasteiger partial charge in [0.05, 0.1) is 13.2 Å². The molecule has 2 heteroatoms. The van der Waals surface area contributed by atoms with Gasteiger partial charge in [-0.1, -0.05) is 26.0 Å². The molecule has 0 atom stereocenters. The Morgan fingerprint density at radius 1 is 1.31 bits per heavy atom. The van der Waals surface area contributed by atoms with Crippen molar-refractivity contribution in [3.63, 3.8) is 0 Å². The highest BCUT2D eigenvalue weighted by Crippen LogP contribution is 2.22. The summed E-state index contributed by atoms with van der Waals surface area (Å²) in [5, 5.41) is 0. The van der Waals surface area contributed by atoms with Gasteiger partial charge in [0.1, 0.15) is 0 Å². The van der Waals surface area contributed by atoms with Crippen molar-refractivity contribution in [1.82, 2.24) is 0 Å². The summed E-state index contributed by atoms with van der Waals surface area (Å²) in [5.41, 5.74) is 3.24. The molecule has 1 aromatic rings. The second-order valence-corrected chi connectivity index (χ2v) is 4.83. The van der Waals surface area contributed by atoms with Gasteiger partial charge in [0.2, 0.25) is 0 Å². The van der Waals surface area contributed by atoms with Crippen LogP contribution in [-0.2, 0) is 18.0 Å². The molecule has 1 aromatic carbocycles. The minimum absolute atomic E-state index is 0.253. The van der Waals surface area contributed by atoms with Crippen molar-refractivity contribution in [2.24, 2.45) is 5.92 Å². The summed E-state index contributed by atoms with van der Waals surface area (Å²) in [6, 6.07) is 5.94. The standard InChI is InChI=1S/C14H18O2/c1-10(2)3-6-14(15)11-4-5-12-8-16-9-13(12)7-11/h4-5,7,10H,3,6,8-9H2,1-2H3. The second-order valence-electron chi connectivity index (χ2n) is 4.83. The first-order valence-corrected chi connectivity index (χ1v) is 5.89. The first kappa shape index (κ1) is 11.3. The van der Waals surface area contributed by atoms with Crippen molar-refractivity contribution in [1.29, 1.82) is 0 Å². The van der Waals surface area contributed by atoms with Crippen LogP contribution in [0.25, 0.3) is 0 Å². The van der Waals surface area contributed by atoms with E-state index in [1.807, 2.05) is 18.2 Å². The molecule has 0 unspecified atom stereocenters. The lowest BCUT2D eigenvalue weighted by atomic mass is 9.98. The normalized spacial score (nSPS) is 14.2. The largest absolute Gasteiger partial charge is 0.372 e. The van der Waals surface area contributed by atoms with Gasteiger partial charge in [0.15, 0.2) is 5.78 Å². The zero-order valence-electron chi connectivity index (χ0n) is 9.95. The third-order valence-corrected chi connectivity index (χ3v) is 2.99. The highest BCUT2D eigenvalue weighted by Gasteiger charge is 2.14. The number of benzene rings is 1. The van der Waals surface area contributed by atoms with Crippen molar-refractivity contribution in [2.45, 2.75) is 39.9 Å². The van der Waals surface area contributed by atoms with Crippen LogP contribution in [0.2, 0.25) is 0 Å². The first-order chi connectivity index (χ1) is 7.66. The van der Waals surface area contributed by atoms with Crippen LogP contribution in [0.1, 0.15) is 48.2 Å². The van der Waals surface area contributed by atoms with Crippen molar-refractivity contribution >= 4 is 5.78 Å². The SMILES string of the molecule is CC(C)CCC(=O)c1ccc2c(c1)COC2. The van der Waals surface area contributed by atoms with Crippen molar-refractivity contribution in [3.8, 4) is 0 Å². The Morgan fingerprint density at radius 3 is 2.81 bits per heavy atom. The third kappa shape index (κ3) is 2.50. The van der Waals surface area contributed by atoms with Gasteiger partial charge in [-0.05, 0) is 29.5 Å². The molecule has 2 nitrogen and oxygen atoms in total. The second kappa shape index (κ2) is 4.79. The third-order valence-electron chi connectivity index (χ3n) is 2.99. The number of ketones is 1. The molecule has 0 N–H and O–H groups in total. The molecule has 0 radical (unpaired) electrons. The van der Waals surface area contributed by atoms with Crippen molar-refractivity contribution in [2.75, 3.05) is 0 Å². The number of ether oxygens (including phenoxy) is 1. The molecule has 0 amide bonds. The average molecular weight is 218 g/mol. The summed E-state index contributed by atoms with van der Waals surface area (Å²) >= 11 is 0. The lowest BCUT2D eigenvalue weighted by molar-refractivity contribution is 0.0975. The molecule has 16 heavy (non-hydrogen) atoms. The molecule has 86 valence electrons. The van der Waals surface area contributed by atoms with Gasteiger partial charge in [-0.2, -0.15) is 0 Å². The number of Topliss-reactive ketones (excluding diaryl/α,β-unsaturated/α-hetero) is 1. The quantitative estimate of drug-likeness (QED) is 0.724. The van der Waals surface area contributed by atoms with Gasteiger partial charge in [0, 0.05) is 12.0 Å². The molecule has 0 spiro atoms. The van der Waals surface area contributed by atoms with E-state index in [9.17, 15) is 4.79 Å². The predicted molar refractivity (Wildman–Crippen MR) is 63.3 cm³/mol. The Morgan fingerprint density at radius 2 is 2.06 bits per heavy atom. The van der Waals surface area contributed by atoms with Crippen molar-refractivity contribution < 1.29 is 9.53 Å². The van der Waals surface area contributed by atoms with Gasteiger partial charge in [-0.15, -0.1) is 0 Å². The monoisotopic (exact) mass is 218 g/mol. The van der Waals surface area contributed by atoms with E-state index in [2.05, 4.69) is 13.8 Å². The summed E-state index contributed by atoms with van der Waals surface area (Å²) in [7, 11) is 0. The van der Waals surface area contributed by atoms with Gasteiger partial charge < -0.3 is 4.74 Å². The smallest absolute Gasteiger partial charge is 0.162 e. The number of carbonyl (C=O) groups excluding carboxylic acids is 1. The van der Waals surface area contributed by atoms with Crippen LogP contribution in [-0.4, -0.2) is 5.78 Å². The maximum atomic E-state index is 11.9. The molecular formula is C14H18O2. The molecule has 2 rings (SSSR count). The van der Waals surface area contributed by atoms with E-state index in [0.717, 1.165) is 12.0 Å². The maximum Gasteiger partial charge on any atom is 0.162 e. The minimum Gasteiger partial charge on any atom is -0.372 e. The minimum atomic E-state index is 0.253. The molecule has 0 fully saturated rings. The summed E-state index contributed by atoms with van der Waals surface area (Å²) in [5.74, 6) is 0.838. The first-order valence-electron chi connectivity index (χ1n) is 5.89. The van der Waals surface area contributed by atoms with E-state index in [4.69, 9.17) is 4.74 Å². The molecule has 0 saturated carbocycles. The summed E-state index contributed by atoms with van der Waals surface area (Å²) in [6.45, 7) is 5.63. The van der Waals surface area contributed by atoms with Gasteiger partial charge in [-0.3, -0.25) is 4.79 Å². The summed E-state index contributed by atoms with van der Waals surface area (Å²) in [6.07, 6.45) is 1.61. The molecule has 0 bridgehead atoms. The highest BCUT2D eigenvalue weighted by molar-refractivity contribution is 5.96. The molecule has 0 aliphatic carbocycles. The predicted octanol–water partition coefficient (Wildman–Crippen LogP) is 3.34. The summed E-state index contributed by atoms with van der Waals surface area (Å²) < 4.78 is 5.34. The summed E-state index contributed by atoms with van der Waals surface area (Å²) in [4.78, 5) is 11.9. The zero-order chi connectivity index (χ0) is 11.5. The number of hydrogen-bond donors (Lipinski definition) is 0. The van der Waals surface area contributed by atoms with Crippen LogP contribution < -0.4 is 0 Å². The van der Waals surface area contributed by atoms with E-state index >= 15 is 0 Å². The number of fused-ring (bicyclic) bond motifs is 1. The van der Waals surface area contributed by atoms with E-state index in [-0.39, 0.29) is 5.78 Å². The Bertz CT molecular complexity index is 394. The topological polar surface area (TPSA) is 26.3 Å². The number of rotatable bonds is 4. The maximum absolute atomic E-state index is 11.9. The Labute approximate surface area is 96.6 Å². The zero-order valence-corrected chi connectivity index (χ0v) is 9.95. The fourth-order valence-corrected chi connectivity index (χ4v) is 1.91. The lowest BCUT2D eigenvalue weighted by Crippen LogP contribution is -2.02. The van der Waals surface area contributed by atoms with Crippen LogP contribution in [0.3, 0.4) is 0 Å². The van der Waals surface area contributed by atoms with E-state index in [0.29, 0.717) is 25.6 Å². The molecular weight excluding hydrogens is 200 g/mol. The molecule has 1 heterocycles. The van der Waals surface area contributed by atoms with Crippen molar-refractivity contribution in [3.05, 3.63) is 34.9 Å². The number of carbonyl (C=O) groups is 1. The molecule has 0 saturated heterocycles. The number of hydrogen-bond acceptors (Lipinski definition) is 2. The molecule has 1 aliphatic rings. The highest BCUT2D eigenvalue weighted by atomic mass is 16.5. The average Bonchev–Trinajstić information content (AvgIpc) is 2.72. The fraction of sp³-hybridized carbons (Fsp3) is 0.500. The molecule has 0 aromatic heterocycles. The van der Waals surface area contributed by atoms with Crippen LogP contribution in [0.5, 0.6) is 0 Å².